The number of nitrogens with zero attached hydrogens (tertiary/aromatic N) is 4. The maximum Gasteiger partial charge on any atom is 0.242 e. The summed E-state index contributed by atoms with van der Waals surface area (Å²) in [5.74, 6) is 0.556. The summed E-state index contributed by atoms with van der Waals surface area (Å²) in [6.45, 7) is 7.19. The highest BCUT2D eigenvalue weighted by Gasteiger charge is 2.18. The van der Waals surface area contributed by atoms with E-state index < -0.39 is 0 Å². The molecule has 0 atom stereocenters. The third-order valence-corrected chi connectivity index (χ3v) is 5.84. The van der Waals surface area contributed by atoms with E-state index in [1.54, 1.807) is 11.8 Å². The Morgan fingerprint density at radius 2 is 2.03 bits per heavy atom. The number of fused-ring (bicyclic) bond motifs is 2. The van der Waals surface area contributed by atoms with Crippen molar-refractivity contribution in [2.75, 3.05) is 12.4 Å². The average Bonchev–Trinajstić information content (AvgIpc) is 3.28. The van der Waals surface area contributed by atoms with Crippen molar-refractivity contribution in [3.05, 3.63) is 47.3 Å². The molecule has 3 aromatic heterocycles. The predicted octanol–water partition coefficient (Wildman–Crippen LogP) is 4.53. The quantitative estimate of drug-likeness (QED) is 0.478. The maximum absolute atomic E-state index is 12.7. The van der Waals surface area contributed by atoms with E-state index in [-0.39, 0.29) is 5.91 Å². The van der Waals surface area contributed by atoms with Gasteiger partial charge in [-0.2, -0.15) is 0 Å². The van der Waals surface area contributed by atoms with Crippen LogP contribution in [-0.2, 0) is 24.8 Å². The lowest BCUT2D eigenvalue weighted by Crippen LogP contribution is -2.13. The van der Waals surface area contributed by atoms with Crippen LogP contribution in [-0.4, -0.2) is 32.3 Å². The molecule has 0 saturated heterocycles. The second-order valence-electron chi connectivity index (χ2n) is 7.96. The minimum Gasteiger partial charge on any atom is -0.479 e. The van der Waals surface area contributed by atoms with Crippen molar-refractivity contribution < 1.29 is 9.53 Å². The van der Waals surface area contributed by atoms with Gasteiger partial charge in [-0.05, 0) is 62.1 Å². The normalized spacial score (nSPS) is 11.4. The van der Waals surface area contributed by atoms with Crippen molar-refractivity contribution in [1.29, 1.82) is 0 Å². The molecule has 4 aromatic rings. The molecule has 0 aliphatic rings. The SMILES string of the molecule is CCCn1ccc2cc(NC(=O)CCc3c(C)nc4c(c(OC)nn4C)c3C)ccc21. The number of nitrogens with one attached hydrogen (secondary N) is 1. The number of rotatable bonds is 7. The largest absolute Gasteiger partial charge is 0.479 e. The zero-order valence-corrected chi connectivity index (χ0v) is 18.8. The molecule has 0 bridgehead atoms. The number of aromatic nitrogens is 4. The molecule has 0 aliphatic carbocycles. The van der Waals surface area contributed by atoms with Crippen molar-refractivity contribution in [2.45, 2.75) is 46.6 Å². The molecular formula is C24H29N5O2. The van der Waals surface area contributed by atoms with Crippen LogP contribution in [0.1, 0.15) is 36.6 Å². The summed E-state index contributed by atoms with van der Waals surface area (Å²) in [6, 6.07) is 8.16. The van der Waals surface area contributed by atoms with Gasteiger partial charge in [0.05, 0.1) is 12.5 Å². The molecule has 0 fully saturated rings. The molecule has 0 aliphatic heterocycles. The van der Waals surface area contributed by atoms with Crippen LogP contribution >= 0.6 is 0 Å². The molecule has 31 heavy (non-hydrogen) atoms. The second-order valence-corrected chi connectivity index (χ2v) is 7.96. The van der Waals surface area contributed by atoms with E-state index in [0.29, 0.717) is 18.7 Å². The third kappa shape index (κ3) is 3.87. The molecule has 1 aromatic carbocycles. The van der Waals surface area contributed by atoms with Crippen LogP contribution in [0.25, 0.3) is 21.9 Å². The number of benzene rings is 1. The van der Waals surface area contributed by atoms with Crippen molar-refractivity contribution in [2.24, 2.45) is 7.05 Å². The lowest BCUT2D eigenvalue weighted by molar-refractivity contribution is -0.116. The molecule has 0 unspecified atom stereocenters. The zero-order chi connectivity index (χ0) is 22.1. The highest BCUT2D eigenvalue weighted by atomic mass is 16.5. The van der Waals surface area contributed by atoms with Gasteiger partial charge in [-0.15, -0.1) is 5.10 Å². The highest BCUT2D eigenvalue weighted by Crippen LogP contribution is 2.30. The number of methoxy groups -OCH3 is 1. The van der Waals surface area contributed by atoms with Gasteiger partial charge >= 0.3 is 0 Å². The number of hydrogen-bond acceptors (Lipinski definition) is 4. The zero-order valence-electron chi connectivity index (χ0n) is 18.8. The Balaban J connectivity index is 1.50. The van der Waals surface area contributed by atoms with Gasteiger partial charge in [0.2, 0.25) is 11.8 Å². The average molecular weight is 420 g/mol. The van der Waals surface area contributed by atoms with Crippen molar-refractivity contribution >= 4 is 33.5 Å². The van der Waals surface area contributed by atoms with E-state index in [2.05, 4.69) is 40.2 Å². The highest BCUT2D eigenvalue weighted by molar-refractivity contribution is 5.94. The van der Waals surface area contributed by atoms with Crippen molar-refractivity contribution in [3.8, 4) is 5.88 Å². The van der Waals surface area contributed by atoms with Gasteiger partial charge in [-0.3, -0.25) is 4.79 Å². The lowest BCUT2D eigenvalue weighted by atomic mass is 10.00. The van der Waals surface area contributed by atoms with E-state index in [1.807, 2.05) is 33.0 Å². The Morgan fingerprint density at radius 3 is 2.77 bits per heavy atom. The van der Waals surface area contributed by atoms with E-state index in [4.69, 9.17) is 9.72 Å². The van der Waals surface area contributed by atoms with Crippen LogP contribution in [0, 0.1) is 13.8 Å². The number of amides is 1. The summed E-state index contributed by atoms with van der Waals surface area (Å²) in [5, 5.41) is 9.48. The molecular weight excluding hydrogens is 390 g/mol. The standard InChI is InChI=1S/C24H29N5O2/c1-6-12-29-13-11-17-14-18(7-9-20(17)29)26-21(30)10-8-19-15(2)22-23(25-16(19)3)28(4)27-24(22)31-5/h7,9,11,13-14H,6,8,10,12H2,1-5H3,(H,26,30). The van der Waals surface area contributed by atoms with Crippen LogP contribution < -0.4 is 10.1 Å². The molecule has 7 nitrogen and oxygen atoms in total. The Hall–Kier alpha value is -3.35. The van der Waals surface area contributed by atoms with Crippen LogP contribution in [0.4, 0.5) is 5.69 Å². The first kappa shape index (κ1) is 20.9. The summed E-state index contributed by atoms with van der Waals surface area (Å²) in [5.41, 5.74) is 5.86. The Labute approximate surface area is 182 Å². The second kappa shape index (κ2) is 8.41. The summed E-state index contributed by atoms with van der Waals surface area (Å²) in [7, 11) is 3.47. The lowest BCUT2D eigenvalue weighted by Gasteiger charge is -2.12. The van der Waals surface area contributed by atoms with Crippen molar-refractivity contribution in [3.63, 3.8) is 0 Å². The fourth-order valence-electron chi connectivity index (χ4n) is 4.28. The third-order valence-electron chi connectivity index (χ3n) is 5.84. The minimum absolute atomic E-state index is 0.00982. The smallest absolute Gasteiger partial charge is 0.242 e. The van der Waals surface area contributed by atoms with Gasteiger partial charge < -0.3 is 14.6 Å². The molecule has 0 spiro atoms. The number of carbonyl (C=O) groups is 1. The summed E-state index contributed by atoms with van der Waals surface area (Å²) in [6.07, 6.45) is 4.18. The topological polar surface area (TPSA) is 74.0 Å². The molecule has 1 amide bonds. The van der Waals surface area contributed by atoms with Crippen LogP contribution in [0.5, 0.6) is 5.88 Å². The number of hydrogen-bond donors (Lipinski definition) is 1. The number of aryl methyl sites for hydroxylation is 4. The van der Waals surface area contributed by atoms with Crippen molar-refractivity contribution in [1.82, 2.24) is 19.3 Å². The molecule has 4 rings (SSSR count). The fraction of sp³-hybridized carbons (Fsp3) is 0.375. The van der Waals surface area contributed by atoms with Crippen LogP contribution in [0.15, 0.2) is 30.5 Å². The molecule has 162 valence electrons. The summed E-state index contributed by atoms with van der Waals surface area (Å²) < 4.78 is 9.40. The number of carbonyl (C=O) groups excluding carboxylic acids is 1. The van der Waals surface area contributed by atoms with Gasteiger partial charge in [0.15, 0.2) is 5.65 Å². The monoisotopic (exact) mass is 419 g/mol. The summed E-state index contributed by atoms with van der Waals surface area (Å²) >= 11 is 0. The van der Waals surface area contributed by atoms with Gasteiger partial charge in [-0.1, -0.05) is 6.92 Å². The minimum atomic E-state index is -0.00982. The van der Waals surface area contributed by atoms with Gasteiger partial charge in [0.1, 0.15) is 0 Å². The maximum atomic E-state index is 12.7. The molecule has 1 N–H and O–H groups in total. The summed E-state index contributed by atoms with van der Waals surface area (Å²) in [4.78, 5) is 17.4. The molecule has 7 heteroatoms. The van der Waals surface area contributed by atoms with Crippen LogP contribution in [0.2, 0.25) is 0 Å². The first-order valence-corrected chi connectivity index (χ1v) is 10.7. The molecule has 0 saturated carbocycles. The number of ether oxygens (including phenoxy) is 1. The fourth-order valence-corrected chi connectivity index (χ4v) is 4.28. The Bertz CT molecular complexity index is 1270. The molecule has 3 heterocycles. The van der Waals surface area contributed by atoms with E-state index in [1.165, 1.54) is 5.52 Å². The number of anilines is 1. The first-order valence-electron chi connectivity index (χ1n) is 10.7. The molecule has 0 radical (unpaired) electrons. The van der Waals surface area contributed by atoms with Gasteiger partial charge in [0, 0.05) is 48.5 Å². The Morgan fingerprint density at radius 1 is 1.23 bits per heavy atom. The predicted molar refractivity (Wildman–Crippen MR) is 124 cm³/mol. The number of pyridine rings is 1. The Kier molecular flexibility index (Phi) is 5.67. The van der Waals surface area contributed by atoms with E-state index >= 15 is 0 Å². The van der Waals surface area contributed by atoms with Crippen LogP contribution in [0.3, 0.4) is 0 Å². The van der Waals surface area contributed by atoms with Gasteiger partial charge in [0.25, 0.3) is 0 Å². The van der Waals surface area contributed by atoms with Gasteiger partial charge in [-0.25, -0.2) is 9.67 Å². The van der Waals surface area contributed by atoms with E-state index in [9.17, 15) is 4.79 Å². The first-order chi connectivity index (χ1) is 14.9. The van der Waals surface area contributed by atoms with E-state index in [0.717, 1.165) is 51.9 Å².